The maximum absolute atomic E-state index is 13.0. The van der Waals surface area contributed by atoms with Gasteiger partial charge in [-0.1, -0.05) is 11.3 Å². The van der Waals surface area contributed by atoms with Crippen molar-refractivity contribution in [2.24, 2.45) is 7.05 Å². The highest BCUT2D eigenvalue weighted by molar-refractivity contribution is 7.89. The van der Waals surface area contributed by atoms with Gasteiger partial charge < -0.3 is 10.0 Å². The molecule has 4 rings (SSSR count). The van der Waals surface area contributed by atoms with E-state index < -0.39 is 44.2 Å². The highest BCUT2D eigenvalue weighted by Crippen LogP contribution is 2.32. The van der Waals surface area contributed by atoms with E-state index >= 15 is 0 Å². The van der Waals surface area contributed by atoms with E-state index in [9.17, 15) is 36.3 Å². The molecule has 1 fully saturated rings. The molecule has 10 nitrogen and oxygen atoms in total. The molecule has 0 amide bonds. The van der Waals surface area contributed by atoms with E-state index in [1.165, 1.54) is 13.2 Å². The third-order valence-corrected chi connectivity index (χ3v) is 8.13. The van der Waals surface area contributed by atoms with Crippen LogP contribution in [0.4, 0.5) is 18.3 Å². The highest BCUT2D eigenvalue weighted by atomic mass is 32.2. The number of alkyl halides is 3. The summed E-state index contributed by atoms with van der Waals surface area (Å²) in [5.74, 6) is -1.42. The third-order valence-electron chi connectivity index (χ3n) is 5.16. The fourth-order valence-electron chi connectivity index (χ4n) is 3.42. The lowest BCUT2D eigenvalue weighted by Gasteiger charge is -2.38. The van der Waals surface area contributed by atoms with Crippen LogP contribution >= 0.6 is 11.3 Å². The van der Waals surface area contributed by atoms with Crippen molar-refractivity contribution in [1.82, 2.24) is 19.1 Å². The Morgan fingerprint density at radius 2 is 1.88 bits per heavy atom. The van der Waals surface area contributed by atoms with E-state index in [2.05, 4.69) is 10.1 Å². The van der Waals surface area contributed by atoms with Gasteiger partial charge in [-0.2, -0.15) is 22.6 Å². The standard InChI is InChI=1S/C18H16F3N5O5S2/c1-24-15(27)14-13(8-22-24)32-17(23-14)25-6-7-26(12(9-25)16(28)29)33(30,31)11-4-2-10(3-5-11)18(19,20)21/h2-5,8,12H,6-7,9H2,1H3,(H,28,29)/t12-/m1/s1. The van der Waals surface area contributed by atoms with Crippen molar-refractivity contribution in [3.63, 3.8) is 0 Å². The quantitative estimate of drug-likeness (QED) is 0.566. The first-order valence-corrected chi connectivity index (χ1v) is 11.6. The van der Waals surface area contributed by atoms with Crippen molar-refractivity contribution in [3.05, 3.63) is 46.4 Å². The fourth-order valence-corrected chi connectivity index (χ4v) is 5.94. The number of aliphatic carboxylic acids is 1. The van der Waals surface area contributed by atoms with Gasteiger partial charge in [0.1, 0.15) is 6.04 Å². The van der Waals surface area contributed by atoms with Crippen LogP contribution in [0.1, 0.15) is 5.56 Å². The van der Waals surface area contributed by atoms with Gasteiger partial charge in [0.25, 0.3) is 5.56 Å². The number of carbonyl (C=O) groups is 1. The number of thiazole rings is 1. The number of piperazine rings is 1. The van der Waals surface area contributed by atoms with Crippen molar-refractivity contribution < 1.29 is 31.5 Å². The molecule has 2 aromatic heterocycles. The molecule has 33 heavy (non-hydrogen) atoms. The van der Waals surface area contributed by atoms with Gasteiger partial charge in [-0.25, -0.2) is 18.1 Å². The smallest absolute Gasteiger partial charge is 0.416 e. The van der Waals surface area contributed by atoms with Crippen LogP contribution in [0.15, 0.2) is 40.2 Å². The first kappa shape index (κ1) is 23.1. The molecular weight excluding hydrogens is 487 g/mol. The van der Waals surface area contributed by atoms with Gasteiger partial charge in [0.05, 0.1) is 21.4 Å². The zero-order valence-electron chi connectivity index (χ0n) is 16.9. The number of aromatic nitrogens is 3. The molecule has 1 aromatic carbocycles. The second kappa shape index (κ2) is 8.07. The lowest BCUT2D eigenvalue weighted by molar-refractivity contribution is -0.141. The fraction of sp³-hybridized carbons (Fsp3) is 0.333. The average molecular weight is 503 g/mol. The molecule has 3 heterocycles. The number of sulfonamides is 1. The van der Waals surface area contributed by atoms with Crippen molar-refractivity contribution in [2.45, 2.75) is 17.1 Å². The van der Waals surface area contributed by atoms with Crippen molar-refractivity contribution in [2.75, 3.05) is 24.5 Å². The Kier molecular flexibility index (Phi) is 5.66. The minimum Gasteiger partial charge on any atom is -0.480 e. The van der Waals surface area contributed by atoms with E-state index in [-0.39, 0.29) is 25.2 Å². The van der Waals surface area contributed by atoms with Gasteiger partial charge in [0, 0.05) is 26.7 Å². The second-order valence-corrected chi connectivity index (χ2v) is 10.1. The minimum absolute atomic E-state index is 0.0667. The normalized spacial score (nSPS) is 18.1. The largest absolute Gasteiger partial charge is 0.480 e. The van der Waals surface area contributed by atoms with Crippen molar-refractivity contribution in [3.8, 4) is 0 Å². The molecule has 0 unspecified atom stereocenters. The Morgan fingerprint density at radius 3 is 2.48 bits per heavy atom. The SMILES string of the molecule is Cn1ncc2sc(N3CCN(S(=O)(=O)c4ccc(C(F)(F)F)cc4)[C@@H](C(=O)O)C3)nc2c1=O. The molecule has 1 aliphatic rings. The van der Waals surface area contributed by atoms with Gasteiger partial charge in [-0.05, 0) is 24.3 Å². The first-order valence-electron chi connectivity index (χ1n) is 9.39. The zero-order chi connectivity index (χ0) is 24.1. The number of anilines is 1. The third kappa shape index (κ3) is 4.18. The Morgan fingerprint density at radius 1 is 1.21 bits per heavy atom. The van der Waals surface area contributed by atoms with Crippen molar-refractivity contribution >= 4 is 42.7 Å². The number of benzene rings is 1. The number of aryl methyl sites for hydroxylation is 1. The molecule has 1 aliphatic heterocycles. The molecule has 3 aromatic rings. The molecule has 0 aliphatic carbocycles. The molecule has 0 saturated carbocycles. The highest BCUT2D eigenvalue weighted by Gasteiger charge is 2.41. The summed E-state index contributed by atoms with van der Waals surface area (Å²) in [6, 6.07) is 1.36. The summed E-state index contributed by atoms with van der Waals surface area (Å²) < 4.78 is 66.8. The minimum atomic E-state index is -4.63. The summed E-state index contributed by atoms with van der Waals surface area (Å²) >= 11 is 1.12. The van der Waals surface area contributed by atoms with Crippen LogP contribution < -0.4 is 10.5 Å². The number of carboxylic acid groups (broad SMARTS) is 1. The van der Waals surface area contributed by atoms with E-state index in [0.717, 1.165) is 32.5 Å². The first-order chi connectivity index (χ1) is 15.4. The number of nitrogens with zero attached hydrogens (tertiary/aromatic N) is 5. The van der Waals surface area contributed by atoms with Crippen LogP contribution in [-0.4, -0.2) is 64.2 Å². The number of hydrogen-bond acceptors (Lipinski definition) is 8. The molecular formula is C18H16F3N5O5S2. The van der Waals surface area contributed by atoms with Gasteiger partial charge in [-0.3, -0.25) is 9.59 Å². The number of hydrogen-bond donors (Lipinski definition) is 1. The van der Waals surface area contributed by atoms with E-state index in [4.69, 9.17) is 0 Å². The van der Waals surface area contributed by atoms with E-state index in [0.29, 0.717) is 22.0 Å². The van der Waals surface area contributed by atoms with Crippen LogP contribution in [0.5, 0.6) is 0 Å². The Hall–Kier alpha value is -3.04. The predicted octanol–water partition coefficient (Wildman–Crippen LogP) is 1.37. The van der Waals surface area contributed by atoms with Crippen LogP contribution in [0.25, 0.3) is 10.2 Å². The molecule has 176 valence electrons. The molecule has 0 bridgehead atoms. The summed E-state index contributed by atoms with van der Waals surface area (Å²) in [5.41, 5.74) is -1.27. The van der Waals surface area contributed by atoms with Crippen LogP contribution in [0.3, 0.4) is 0 Å². The number of rotatable bonds is 4. The lowest BCUT2D eigenvalue weighted by atomic mass is 10.2. The monoisotopic (exact) mass is 503 g/mol. The number of carboxylic acids is 1. The maximum Gasteiger partial charge on any atom is 0.416 e. The summed E-state index contributed by atoms with van der Waals surface area (Å²) in [5, 5.41) is 13.9. The number of halogens is 3. The summed E-state index contributed by atoms with van der Waals surface area (Å²) in [6.45, 7) is -0.438. The maximum atomic E-state index is 13.0. The van der Waals surface area contributed by atoms with Crippen LogP contribution in [0, 0.1) is 0 Å². The summed E-state index contributed by atoms with van der Waals surface area (Å²) in [6.07, 6.45) is -3.18. The second-order valence-electron chi connectivity index (χ2n) is 7.22. The van der Waals surface area contributed by atoms with Gasteiger partial charge in [0.2, 0.25) is 10.0 Å². The van der Waals surface area contributed by atoms with E-state index in [1.807, 2.05) is 0 Å². The zero-order valence-corrected chi connectivity index (χ0v) is 18.5. The van der Waals surface area contributed by atoms with Gasteiger partial charge in [-0.15, -0.1) is 0 Å². The van der Waals surface area contributed by atoms with Crippen molar-refractivity contribution in [1.29, 1.82) is 0 Å². The Labute approximate surface area is 188 Å². The number of fused-ring (bicyclic) bond motifs is 1. The van der Waals surface area contributed by atoms with Crippen LogP contribution in [0.2, 0.25) is 0 Å². The molecule has 1 N–H and O–H groups in total. The molecule has 1 atom stereocenters. The Balaban J connectivity index is 1.63. The predicted molar refractivity (Wildman–Crippen MR) is 112 cm³/mol. The molecule has 15 heteroatoms. The molecule has 1 saturated heterocycles. The van der Waals surface area contributed by atoms with Gasteiger partial charge >= 0.3 is 12.1 Å². The van der Waals surface area contributed by atoms with Gasteiger partial charge in [0.15, 0.2) is 10.6 Å². The summed E-state index contributed by atoms with van der Waals surface area (Å²) in [4.78, 5) is 29.5. The van der Waals surface area contributed by atoms with E-state index in [1.54, 1.807) is 4.90 Å². The average Bonchev–Trinajstić information content (AvgIpc) is 3.20. The Bertz CT molecular complexity index is 1390. The summed E-state index contributed by atoms with van der Waals surface area (Å²) in [7, 11) is -2.92. The van der Waals surface area contributed by atoms with Crippen LogP contribution in [-0.2, 0) is 28.0 Å². The molecule has 0 spiro atoms. The topological polar surface area (TPSA) is 126 Å². The molecule has 0 radical (unpaired) electrons. The lowest BCUT2D eigenvalue weighted by Crippen LogP contribution is -2.58.